The highest BCUT2D eigenvalue weighted by Gasteiger charge is 2.19. The van der Waals surface area contributed by atoms with Crippen LogP contribution in [0.15, 0.2) is 29.8 Å². The van der Waals surface area contributed by atoms with Crippen molar-refractivity contribution in [3.8, 4) is 0 Å². The van der Waals surface area contributed by atoms with E-state index in [1.807, 2.05) is 0 Å². The summed E-state index contributed by atoms with van der Waals surface area (Å²) >= 11 is 1.24. The van der Waals surface area contributed by atoms with Gasteiger partial charge in [0.25, 0.3) is 5.91 Å². The van der Waals surface area contributed by atoms with Gasteiger partial charge in [0, 0.05) is 6.54 Å². The van der Waals surface area contributed by atoms with Gasteiger partial charge in [0.15, 0.2) is 0 Å². The number of carbonyl (C=O) groups excluding carboxylic acids is 2. The number of rotatable bonds is 6. The second-order valence-electron chi connectivity index (χ2n) is 4.91. The first-order valence-electron chi connectivity index (χ1n) is 6.69. The number of aryl methyl sites for hydroxylation is 1. The average Bonchev–Trinajstić information content (AvgIpc) is 2.91. The monoisotopic (exact) mass is 321 g/mol. The summed E-state index contributed by atoms with van der Waals surface area (Å²) in [5.41, 5.74) is 8.40. The zero-order chi connectivity index (χ0) is 16.1. The van der Waals surface area contributed by atoms with Crippen LogP contribution < -0.4 is 11.1 Å². The van der Waals surface area contributed by atoms with Gasteiger partial charge in [-0.25, -0.2) is 9.37 Å². The highest BCUT2D eigenvalue weighted by atomic mass is 32.1. The van der Waals surface area contributed by atoms with E-state index < -0.39 is 11.8 Å². The summed E-state index contributed by atoms with van der Waals surface area (Å²) in [4.78, 5) is 28.1. The molecule has 2 rings (SSSR count). The predicted octanol–water partition coefficient (Wildman–Crippen LogP) is 1.66. The minimum atomic E-state index is -0.553. The molecule has 0 radical (unpaired) electrons. The number of primary amides is 1. The number of benzene rings is 1. The Balaban J connectivity index is 1.97. The van der Waals surface area contributed by atoms with Crippen LogP contribution in [0.3, 0.4) is 0 Å². The van der Waals surface area contributed by atoms with Gasteiger partial charge in [-0.05, 0) is 31.0 Å². The molecule has 1 heterocycles. The number of nitrogens with zero attached hydrogens (tertiary/aromatic N) is 1. The fourth-order valence-electron chi connectivity index (χ4n) is 1.99. The molecule has 0 unspecified atom stereocenters. The molecule has 0 aliphatic rings. The molecule has 22 heavy (non-hydrogen) atoms. The maximum absolute atomic E-state index is 12.9. The molecular weight excluding hydrogens is 305 g/mol. The van der Waals surface area contributed by atoms with Crippen LogP contribution in [-0.4, -0.2) is 23.3 Å². The van der Waals surface area contributed by atoms with Crippen molar-refractivity contribution in [2.45, 2.75) is 13.3 Å². The normalized spacial score (nSPS) is 11.9. The van der Waals surface area contributed by atoms with Crippen molar-refractivity contribution in [3.63, 3.8) is 0 Å². The van der Waals surface area contributed by atoms with Gasteiger partial charge in [0.2, 0.25) is 5.91 Å². The van der Waals surface area contributed by atoms with Gasteiger partial charge in [-0.1, -0.05) is 12.1 Å². The highest BCUT2D eigenvalue weighted by molar-refractivity contribution is 7.11. The van der Waals surface area contributed by atoms with E-state index in [2.05, 4.69) is 10.3 Å². The van der Waals surface area contributed by atoms with Gasteiger partial charge in [0.05, 0.1) is 17.1 Å². The Morgan fingerprint density at radius 3 is 2.59 bits per heavy atom. The average molecular weight is 321 g/mol. The van der Waals surface area contributed by atoms with Gasteiger partial charge in [0.1, 0.15) is 10.7 Å². The summed E-state index contributed by atoms with van der Waals surface area (Å²) in [5, 5.41) is 2.70. The zero-order valence-electron chi connectivity index (χ0n) is 12.0. The molecule has 0 fully saturated rings. The van der Waals surface area contributed by atoms with E-state index >= 15 is 0 Å². The topological polar surface area (TPSA) is 85.1 Å². The number of carbonyl (C=O) groups is 2. The lowest BCUT2D eigenvalue weighted by Crippen LogP contribution is -2.37. The third-order valence-electron chi connectivity index (χ3n) is 3.26. The smallest absolute Gasteiger partial charge is 0.263 e. The first-order chi connectivity index (χ1) is 10.5. The van der Waals surface area contributed by atoms with E-state index in [1.165, 1.54) is 23.5 Å². The number of thiazole rings is 1. The lowest BCUT2D eigenvalue weighted by atomic mass is 9.98. The van der Waals surface area contributed by atoms with Crippen LogP contribution in [0.1, 0.15) is 20.9 Å². The molecule has 1 atom stereocenters. The molecule has 1 aromatic heterocycles. The van der Waals surface area contributed by atoms with Crippen LogP contribution in [-0.2, 0) is 11.2 Å². The number of aromatic nitrogens is 1. The summed E-state index contributed by atoms with van der Waals surface area (Å²) in [6, 6.07) is 5.85. The van der Waals surface area contributed by atoms with Gasteiger partial charge in [-0.3, -0.25) is 9.59 Å². The minimum Gasteiger partial charge on any atom is -0.369 e. The van der Waals surface area contributed by atoms with E-state index in [1.54, 1.807) is 24.6 Å². The molecule has 0 aliphatic heterocycles. The summed E-state index contributed by atoms with van der Waals surface area (Å²) < 4.78 is 12.9. The van der Waals surface area contributed by atoms with Crippen LogP contribution >= 0.6 is 11.3 Å². The van der Waals surface area contributed by atoms with Gasteiger partial charge in [-0.15, -0.1) is 11.3 Å². The molecule has 0 bridgehead atoms. The third kappa shape index (κ3) is 4.11. The fraction of sp³-hybridized carbons (Fsp3) is 0.267. The molecule has 116 valence electrons. The van der Waals surface area contributed by atoms with Gasteiger partial charge < -0.3 is 11.1 Å². The maximum atomic E-state index is 12.9. The molecule has 1 aromatic carbocycles. The van der Waals surface area contributed by atoms with E-state index in [0.717, 1.165) is 5.56 Å². The minimum absolute atomic E-state index is 0.128. The molecule has 2 amide bonds. The number of amides is 2. The Hall–Kier alpha value is -2.28. The van der Waals surface area contributed by atoms with Crippen LogP contribution in [0, 0.1) is 18.7 Å². The lowest BCUT2D eigenvalue weighted by Gasteiger charge is -2.14. The molecule has 0 saturated heterocycles. The third-order valence-corrected chi connectivity index (χ3v) is 4.19. The molecule has 0 saturated carbocycles. The summed E-state index contributed by atoms with van der Waals surface area (Å²) in [6.45, 7) is 1.87. The van der Waals surface area contributed by atoms with Crippen molar-refractivity contribution in [1.29, 1.82) is 0 Å². The number of hydrogen-bond donors (Lipinski definition) is 2. The first kappa shape index (κ1) is 16.1. The van der Waals surface area contributed by atoms with Crippen LogP contribution in [0.4, 0.5) is 4.39 Å². The highest BCUT2D eigenvalue weighted by Crippen LogP contribution is 2.13. The Kier molecular flexibility index (Phi) is 5.21. The van der Waals surface area contributed by atoms with Crippen LogP contribution in [0.25, 0.3) is 0 Å². The molecule has 0 aliphatic carbocycles. The molecule has 5 nitrogen and oxygen atoms in total. The second kappa shape index (κ2) is 7.13. The number of nitrogens with one attached hydrogen (secondary N) is 1. The standard InChI is InChI=1S/C15H16FN3O2S/c1-9-13(22-8-19-9)15(21)18-7-11(14(17)20)6-10-2-4-12(16)5-3-10/h2-5,8,11H,6-7H2,1H3,(H2,17,20)(H,18,21)/t11-/m0/s1. The zero-order valence-corrected chi connectivity index (χ0v) is 12.8. The number of halogens is 1. The molecule has 7 heteroatoms. The molecular formula is C15H16FN3O2S. The summed E-state index contributed by atoms with van der Waals surface area (Å²) in [6.07, 6.45) is 0.345. The SMILES string of the molecule is Cc1ncsc1C(=O)NC[C@H](Cc1ccc(F)cc1)C(N)=O. The number of nitrogens with two attached hydrogens (primary N) is 1. The maximum Gasteiger partial charge on any atom is 0.263 e. The van der Waals surface area contributed by atoms with Crippen molar-refractivity contribution in [2.24, 2.45) is 11.7 Å². The van der Waals surface area contributed by atoms with Crippen molar-refractivity contribution >= 4 is 23.2 Å². The molecule has 2 aromatic rings. The largest absolute Gasteiger partial charge is 0.369 e. The van der Waals surface area contributed by atoms with E-state index in [0.29, 0.717) is 17.0 Å². The lowest BCUT2D eigenvalue weighted by molar-refractivity contribution is -0.121. The van der Waals surface area contributed by atoms with Crippen molar-refractivity contribution in [2.75, 3.05) is 6.54 Å². The number of hydrogen-bond acceptors (Lipinski definition) is 4. The Bertz CT molecular complexity index is 670. The Morgan fingerprint density at radius 2 is 2.05 bits per heavy atom. The van der Waals surface area contributed by atoms with Gasteiger partial charge >= 0.3 is 0 Å². The Morgan fingerprint density at radius 1 is 1.36 bits per heavy atom. The van der Waals surface area contributed by atoms with Crippen molar-refractivity contribution in [1.82, 2.24) is 10.3 Å². The first-order valence-corrected chi connectivity index (χ1v) is 7.57. The quantitative estimate of drug-likeness (QED) is 0.848. The van der Waals surface area contributed by atoms with E-state index in [9.17, 15) is 14.0 Å². The second-order valence-corrected chi connectivity index (χ2v) is 5.76. The van der Waals surface area contributed by atoms with Crippen molar-refractivity contribution in [3.05, 3.63) is 51.7 Å². The summed E-state index contributed by atoms with van der Waals surface area (Å²) in [5.74, 6) is -1.67. The van der Waals surface area contributed by atoms with Crippen LogP contribution in [0.5, 0.6) is 0 Å². The van der Waals surface area contributed by atoms with E-state index in [-0.39, 0.29) is 18.3 Å². The predicted molar refractivity (Wildman–Crippen MR) is 82.0 cm³/mol. The van der Waals surface area contributed by atoms with Crippen molar-refractivity contribution < 1.29 is 14.0 Å². The van der Waals surface area contributed by atoms with Gasteiger partial charge in [-0.2, -0.15) is 0 Å². The molecule has 3 N–H and O–H groups in total. The van der Waals surface area contributed by atoms with E-state index in [4.69, 9.17) is 5.73 Å². The molecule has 0 spiro atoms. The Labute approximate surface area is 131 Å². The fourth-order valence-corrected chi connectivity index (χ4v) is 2.71. The summed E-state index contributed by atoms with van der Waals surface area (Å²) in [7, 11) is 0. The van der Waals surface area contributed by atoms with Crippen LogP contribution in [0.2, 0.25) is 0 Å².